The van der Waals surface area contributed by atoms with Crippen molar-refractivity contribution in [2.24, 2.45) is 0 Å². The number of nitrogens with zero attached hydrogens (tertiary/aromatic N) is 2. The molecule has 0 aliphatic rings. The molecular weight excluding hydrogens is 378 g/mol. The third-order valence-corrected chi connectivity index (χ3v) is 5.00. The van der Waals surface area contributed by atoms with Crippen LogP contribution in [0.2, 0.25) is 0 Å². The molecule has 1 unspecified atom stereocenters. The first-order valence-electron chi connectivity index (χ1n) is 10.0. The van der Waals surface area contributed by atoms with E-state index in [1.165, 1.54) is 16.3 Å². The van der Waals surface area contributed by atoms with Crippen LogP contribution in [0.25, 0.3) is 11.3 Å². The Bertz CT molecular complexity index is 1090. The number of hydrogen-bond donors (Lipinski definition) is 1. The summed E-state index contributed by atoms with van der Waals surface area (Å²) in [6.07, 6.45) is -0.643. The number of ether oxygens (including phenoxy) is 1. The first-order valence-corrected chi connectivity index (χ1v) is 10.0. The lowest BCUT2D eigenvalue weighted by Crippen LogP contribution is -2.39. The molecule has 0 saturated heterocycles. The van der Waals surface area contributed by atoms with Crippen molar-refractivity contribution in [1.82, 2.24) is 15.1 Å². The van der Waals surface area contributed by atoms with Crippen LogP contribution in [-0.2, 0) is 11.3 Å². The minimum absolute atomic E-state index is 0.209. The Kier molecular flexibility index (Phi) is 6.67. The highest BCUT2D eigenvalue weighted by atomic mass is 16.5. The molecule has 1 amide bonds. The van der Waals surface area contributed by atoms with E-state index >= 15 is 0 Å². The van der Waals surface area contributed by atoms with Gasteiger partial charge in [-0.15, -0.1) is 0 Å². The van der Waals surface area contributed by atoms with Crippen molar-refractivity contribution in [1.29, 1.82) is 0 Å². The average Bonchev–Trinajstić information content (AvgIpc) is 2.72. The second-order valence-corrected chi connectivity index (χ2v) is 7.44. The van der Waals surface area contributed by atoms with Crippen LogP contribution in [0, 0.1) is 20.8 Å². The Hall–Kier alpha value is -3.41. The van der Waals surface area contributed by atoms with Crippen molar-refractivity contribution in [2.75, 3.05) is 6.54 Å². The monoisotopic (exact) mass is 405 g/mol. The van der Waals surface area contributed by atoms with Gasteiger partial charge in [-0.3, -0.25) is 9.59 Å². The molecule has 1 aromatic heterocycles. The van der Waals surface area contributed by atoms with Gasteiger partial charge in [-0.05, 0) is 57.0 Å². The Morgan fingerprint density at radius 1 is 1.03 bits per heavy atom. The number of benzene rings is 2. The summed E-state index contributed by atoms with van der Waals surface area (Å²) in [5, 5.41) is 7.23. The largest absolute Gasteiger partial charge is 0.481 e. The van der Waals surface area contributed by atoms with E-state index < -0.39 is 6.10 Å². The maximum absolute atomic E-state index is 12.4. The summed E-state index contributed by atoms with van der Waals surface area (Å²) in [6.45, 7) is 8.31. The molecule has 3 aromatic rings. The van der Waals surface area contributed by atoms with Crippen molar-refractivity contribution in [3.05, 3.63) is 81.6 Å². The van der Waals surface area contributed by atoms with Crippen molar-refractivity contribution < 1.29 is 9.53 Å². The summed E-state index contributed by atoms with van der Waals surface area (Å²) in [4.78, 5) is 24.5. The van der Waals surface area contributed by atoms with Crippen LogP contribution in [0.1, 0.15) is 23.6 Å². The van der Waals surface area contributed by atoms with E-state index in [1.54, 1.807) is 13.0 Å². The van der Waals surface area contributed by atoms with Gasteiger partial charge in [0, 0.05) is 18.2 Å². The molecule has 3 rings (SSSR count). The standard InChI is InChI=1S/C24H27N3O3/c1-16-5-8-20(9-6-16)22-11-12-23(28)27(26-22)14-13-25-24(29)19(4)30-21-10-7-17(2)18(3)15-21/h5-12,15,19H,13-14H2,1-4H3,(H,25,29). The topological polar surface area (TPSA) is 73.2 Å². The number of aromatic nitrogens is 2. The minimum Gasteiger partial charge on any atom is -0.481 e. The van der Waals surface area contributed by atoms with Crippen molar-refractivity contribution in [3.8, 4) is 17.0 Å². The molecule has 6 nitrogen and oxygen atoms in total. The van der Waals surface area contributed by atoms with Crippen LogP contribution < -0.4 is 15.6 Å². The molecule has 30 heavy (non-hydrogen) atoms. The number of nitrogens with one attached hydrogen (secondary N) is 1. The second kappa shape index (κ2) is 9.39. The fraction of sp³-hybridized carbons (Fsp3) is 0.292. The smallest absolute Gasteiger partial charge is 0.266 e. The van der Waals surface area contributed by atoms with E-state index in [0.717, 1.165) is 16.7 Å². The zero-order valence-electron chi connectivity index (χ0n) is 17.8. The molecule has 2 aromatic carbocycles. The molecule has 0 fully saturated rings. The van der Waals surface area contributed by atoms with Crippen LogP contribution in [0.4, 0.5) is 0 Å². The summed E-state index contributed by atoms with van der Waals surface area (Å²) in [7, 11) is 0. The van der Waals surface area contributed by atoms with Gasteiger partial charge in [0.2, 0.25) is 0 Å². The first-order chi connectivity index (χ1) is 14.3. The van der Waals surface area contributed by atoms with Crippen molar-refractivity contribution >= 4 is 5.91 Å². The Morgan fingerprint density at radius 2 is 1.77 bits per heavy atom. The minimum atomic E-state index is -0.643. The van der Waals surface area contributed by atoms with E-state index in [4.69, 9.17) is 4.74 Å². The number of hydrogen-bond acceptors (Lipinski definition) is 4. The molecule has 0 aliphatic carbocycles. The fourth-order valence-electron chi connectivity index (χ4n) is 2.96. The normalized spacial score (nSPS) is 11.7. The van der Waals surface area contributed by atoms with E-state index in [-0.39, 0.29) is 24.6 Å². The maximum Gasteiger partial charge on any atom is 0.266 e. The highest BCUT2D eigenvalue weighted by molar-refractivity contribution is 5.80. The van der Waals surface area contributed by atoms with Gasteiger partial charge in [0.15, 0.2) is 6.10 Å². The van der Waals surface area contributed by atoms with E-state index in [2.05, 4.69) is 10.4 Å². The summed E-state index contributed by atoms with van der Waals surface area (Å²) in [5.41, 5.74) is 4.89. The van der Waals surface area contributed by atoms with Gasteiger partial charge < -0.3 is 10.1 Å². The van der Waals surface area contributed by atoms with E-state index in [9.17, 15) is 9.59 Å². The van der Waals surface area contributed by atoms with Crippen molar-refractivity contribution in [2.45, 2.75) is 40.3 Å². The van der Waals surface area contributed by atoms with Gasteiger partial charge in [-0.2, -0.15) is 5.10 Å². The van der Waals surface area contributed by atoms with Crippen LogP contribution >= 0.6 is 0 Å². The molecule has 0 spiro atoms. The van der Waals surface area contributed by atoms with Crippen LogP contribution in [0.15, 0.2) is 59.4 Å². The summed E-state index contributed by atoms with van der Waals surface area (Å²) in [5.74, 6) is 0.417. The number of amides is 1. The maximum atomic E-state index is 12.4. The van der Waals surface area contributed by atoms with Gasteiger partial charge in [0.05, 0.1) is 12.2 Å². The third-order valence-electron chi connectivity index (χ3n) is 5.00. The van der Waals surface area contributed by atoms with Gasteiger partial charge in [-0.1, -0.05) is 35.9 Å². The number of carbonyl (C=O) groups excluding carboxylic acids is 1. The summed E-state index contributed by atoms with van der Waals surface area (Å²) < 4.78 is 7.09. The fourth-order valence-corrected chi connectivity index (χ4v) is 2.96. The highest BCUT2D eigenvalue weighted by Gasteiger charge is 2.14. The Morgan fingerprint density at radius 3 is 2.47 bits per heavy atom. The van der Waals surface area contributed by atoms with Gasteiger partial charge in [0.25, 0.3) is 11.5 Å². The molecule has 0 bridgehead atoms. The quantitative estimate of drug-likeness (QED) is 0.654. The second-order valence-electron chi connectivity index (χ2n) is 7.44. The molecule has 6 heteroatoms. The average molecular weight is 405 g/mol. The van der Waals surface area contributed by atoms with Gasteiger partial charge >= 0.3 is 0 Å². The van der Waals surface area contributed by atoms with Gasteiger partial charge in [-0.25, -0.2) is 4.68 Å². The molecule has 1 heterocycles. The molecule has 1 atom stereocenters. The SMILES string of the molecule is Cc1ccc(-c2ccc(=O)n(CCNC(=O)C(C)Oc3ccc(C)c(C)c3)n2)cc1. The molecule has 0 radical (unpaired) electrons. The zero-order valence-corrected chi connectivity index (χ0v) is 17.8. The first kappa shape index (κ1) is 21.3. The number of carbonyl (C=O) groups is 1. The lowest BCUT2D eigenvalue weighted by molar-refractivity contribution is -0.127. The predicted octanol–water partition coefficient (Wildman–Crippen LogP) is 3.42. The number of aryl methyl sites for hydroxylation is 3. The summed E-state index contributed by atoms with van der Waals surface area (Å²) >= 11 is 0. The summed E-state index contributed by atoms with van der Waals surface area (Å²) in [6, 6.07) is 16.9. The van der Waals surface area contributed by atoms with Crippen LogP contribution in [-0.4, -0.2) is 28.3 Å². The van der Waals surface area contributed by atoms with Crippen LogP contribution in [0.3, 0.4) is 0 Å². The van der Waals surface area contributed by atoms with Crippen LogP contribution in [0.5, 0.6) is 5.75 Å². The Balaban J connectivity index is 1.58. The highest BCUT2D eigenvalue weighted by Crippen LogP contribution is 2.18. The molecular formula is C24H27N3O3. The lowest BCUT2D eigenvalue weighted by Gasteiger charge is -2.16. The third kappa shape index (κ3) is 5.35. The zero-order chi connectivity index (χ0) is 21.7. The molecule has 0 aliphatic heterocycles. The van der Waals surface area contributed by atoms with Crippen molar-refractivity contribution in [3.63, 3.8) is 0 Å². The molecule has 1 N–H and O–H groups in total. The molecule has 156 valence electrons. The Labute approximate surface area is 176 Å². The van der Waals surface area contributed by atoms with E-state index in [0.29, 0.717) is 11.4 Å². The van der Waals surface area contributed by atoms with Gasteiger partial charge in [0.1, 0.15) is 5.75 Å². The van der Waals surface area contributed by atoms with E-state index in [1.807, 2.05) is 63.2 Å². The number of rotatable bonds is 7. The predicted molar refractivity (Wildman–Crippen MR) is 118 cm³/mol. The lowest BCUT2D eigenvalue weighted by atomic mass is 10.1. The molecule has 0 saturated carbocycles.